The van der Waals surface area contributed by atoms with Crippen molar-refractivity contribution in [1.82, 2.24) is 15.6 Å². The van der Waals surface area contributed by atoms with E-state index in [-0.39, 0.29) is 42.6 Å². The van der Waals surface area contributed by atoms with E-state index >= 15 is 0 Å². The summed E-state index contributed by atoms with van der Waals surface area (Å²) in [5, 5.41) is 7.74. The molecule has 2 aromatic rings. The third-order valence-electron chi connectivity index (χ3n) is 5.36. The number of thiazole rings is 1. The number of aromatic nitrogens is 1. The molecule has 4 nitrogen and oxygen atoms in total. The average molecular weight is 428 g/mol. The van der Waals surface area contributed by atoms with Crippen molar-refractivity contribution in [3.05, 3.63) is 41.4 Å². The van der Waals surface area contributed by atoms with Crippen molar-refractivity contribution in [2.24, 2.45) is 11.8 Å². The van der Waals surface area contributed by atoms with Crippen LogP contribution in [0.1, 0.15) is 36.6 Å². The highest BCUT2D eigenvalue weighted by Gasteiger charge is 2.32. The quantitative estimate of drug-likeness (QED) is 0.714. The topological polar surface area (TPSA) is 54.0 Å². The Hall–Kier alpha value is -1.14. The summed E-state index contributed by atoms with van der Waals surface area (Å²) in [4.78, 5) is 17.7. The molecule has 148 valence electrons. The number of fused-ring (bicyclic) bond motifs is 1. The van der Waals surface area contributed by atoms with Gasteiger partial charge in [-0.1, -0.05) is 24.3 Å². The molecule has 7 heteroatoms. The van der Waals surface area contributed by atoms with Crippen LogP contribution in [0.25, 0.3) is 10.2 Å². The molecular weight excluding hydrogens is 401 g/mol. The first-order valence-corrected chi connectivity index (χ1v) is 10.1. The normalized spacial score (nSPS) is 24.7. The van der Waals surface area contributed by atoms with E-state index in [1.807, 2.05) is 12.1 Å². The first kappa shape index (κ1) is 22.2. The largest absolute Gasteiger partial charge is 0.356 e. The molecule has 0 bridgehead atoms. The standard InChI is InChI=1S/C20H25N3OS.2ClH/c24-19(22-13-14-6-5-11-21-12-14)15-7-1-2-8-16(15)20-23-17-9-3-4-10-18(17)25-20;;/h1-4,9-10,14-16,21H,5-8,11-13H2,(H,22,24);2*1H. The highest BCUT2D eigenvalue weighted by molar-refractivity contribution is 7.18. The molecule has 1 saturated heterocycles. The van der Waals surface area contributed by atoms with Gasteiger partial charge in [-0.15, -0.1) is 36.2 Å². The van der Waals surface area contributed by atoms with Gasteiger partial charge in [0, 0.05) is 12.5 Å². The van der Waals surface area contributed by atoms with Crippen LogP contribution in [0, 0.1) is 11.8 Å². The van der Waals surface area contributed by atoms with Gasteiger partial charge in [-0.3, -0.25) is 4.79 Å². The van der Waals surface area contributed by atoms with E-state index in [1.165, 1.54) is 17.5 Å². The van der Waals surface area contributed by atoms with Crippen molar-refractivity contribution in [1.29, 1.82) is 0 Å². The number of hydrogen-bond acceptors (Lipinski definition) is 4. The minimum atomic E-state index is 0. The Balaban J connectivity index is 0.00000131. The summed E-state index contributed by atoms with van der Waals surface area (Å²) in [6.07, 6.45) is 8.49. The van der Waals surface area contributed by atoms with Gasteiger partial charge in [0.25, 0.3) is 0 Å². The Kier molecular flexibility index (Phi) is 8.55. The number of allylic oxidation sites excluding steroid dienone is 2. The third-order valence-corrected chi connectivity index (χ3v) is 6.53. The summed E-state index contributed by atoms with van der Waals surface area (Å²) in [5.41, 5.74) is 1.05. The lowest BCUT2D eigenvalue weighted by atomic mass is 9.82. The first-order valence-electron chi connectivity index (χ1n) is 9.30. The summed E-state index contributed by atoms with van der Waals surface area (Å²) in [7, 11) is 0. The Morgan fingerprint density at radius 1 is 1.22 bits per heavy atom. The Bertz CT molecular complexity index is 740. The zero-order valence-electron chi connectivity index (χ0n) is 15.2. The summed E-state index contributed by atoms with van der Waals surface area (Å²) in [6, 6.07) is 8.24. The van der Waals surface area contributed by atoms with Gasteiger partial charge in [0.1, 0.15) is 0 Å². The number of carbonyl (C=O) groups excluding carboxylic acids is 1. The number of halogens is 2. The number of nitrogens with one attached hydrogen (secondary N) is 2. The molecular formula is C20H27Cl2N3OS. The van der Waals surface area contributed by atoms with Crippen LogP contribution in [0.5, 0.6) is 0 Å². The molecule has 3 atom stereocenters. The summed E-state index contributed by atoms with van der Waals surface area (Å²) in [6.45, 7) is 2.92. The van der Waals surface area contributed by atoms with Gasteiger partial charge in [0.05, 0.1) is 21.1 Å². The fourth-order valence-electron chi connectivity index (χ4n) is 3.90. The van der Waals surface area contributed by atoms with Crippen LogP contribution < -0.4 is 10.6 Å². The van der Waals surface area contributed by atoms with Crippen LogP contribution in [-0.2, 0) is 4.79 Å². The molecule has 1 aromatic carbocycles. The molecule has 27 heavy (non-hydrogen) atoms. The van der Waals surface area contributed by atoms with E-state index in [2.05, 4.69) is 34.9 Å². The predicted molar refractivity (Wildman–Crippen MR) is 117 cm³/mol. The lowest BCUT2D eigenvalue weighted by molar-refractivity contribution is -0.126. The molecule has 0 saturated carbocycles. The van der Waals surface area contributed by atoms with Crippen molar-refractivity contribution in [3.63, 3.8) is 0 Å². The number of hydrogen-bond donors (Lipinski definition) is 2. The van der Waals surface area contributed by atoms with Gasteiger partial charge in [-0.2, -0.15) is 0 Å². The Labute approximate surface area is 177 Å². The number of amides is 1. The van der Waals surface area contributed by atoms with Gasteiger partial charge in [-0.25, -0.2) is 4.98 Å². The van der Waals surface area contributed by atoms with Crippen LogP contribution in [0.3, 0.4) is 0 Å². The summed E-state index contributed by atoms with van der Waals surface area (Å²) < 4.78 is 1.21. The van der Waals surface area contributed by atoms with E-state index in [9.17, 15) is 4.79 Å². The van der Waals surface area contributed by atoms with Gasteiger partial charge >= 0.3 is 0 Å². The van der Waals surface area contributed by atoms with Crippen molar-refractivity contribution >= 4 is 52.3 Å². The second-order valence-corrected chi connectivity index (χ2v) is 8.20. The second kappa shape index (κ2) is 10.4. The first-order chi connectivity index (χ1) is 12.3. The zero-order chi connectivity index (χ0) is 17.1. The minimum absolute atomic E-state index is 0. The minimum Gasteiger partial charge on any atom is -0.356 e. The predicted octanol–water partition coefficient (Wildman–Crippen LogP) is 4.31. The van der Waals surface area contributed by atoms with E-state index in [0.717, 1.165) is 43.0 Å². The Morgan fingerprint density at radius 2 is 2.04 bits per heavy atom. The third kappa shape index (κ3) is 5.23. The highest BCUT2D eigenvalue weighted by atomic mass is 35.5. The molecule has 2 heterocycles. The fourth-order valence-corrected chi connectivity index (χ4v) is 5.05. The number of carbonyl (C=O) groups is 1. The van der Waals surface area contributed by atoms with Crippen LogP contribution in [0.15, 0.2) is 36.4 Å². The van der Waals surface area contributed by atoms with Crippen molar-refractivity contribution < 1.29 is 4.79 Å². The molecule has 4 rings (SSSR count). The maximum Gasteiger partial charge on any atom is 0.224 e. The molecule has 1 aliphatic heterocycles. The van der Waals surface area contributed by atoms with Crippen LogP contribution >= 0.6 is 36.2 Å². The van der Waals surface area contributed by atoms with Crippen LogP contribution in [0.2, 0.25) is 0 Å². The van der Waals surface area contributed by atoms with Gasteiger partial charge < -0.3 is 10.6 Å². The Morgan fingerprint density at radius 3 is 2.81 bits per heavy atom. The van der Waals surface area contributed by atoms with Gasteiger partial charge in [0.15, 0.2) is 0 Å². The van der Waals surface area contributed by atoms with E-state index in [1.54, 1.807) is 11.3 Å². The summed E-state index contributed by atoms with van der Waals surface area (Å²) in [5.74, 6) is 0.964. The van der Waals surface area contributed by atoms with E-state index < -0.39 is 0 Å². The van der Waals surface area contributed by atoms with Crippen LogP contribution in [-0.4, -0.2) is 30.5 Å². The van der Waals surface area contributed by atoms with Crippen molar-refractivity contribution in [2.75, 3.05) is 19.6 Å². The molecule has 1 aliphatic carbocycles. The lowest BCUT2D eigenvalue weighted by Gasteiger charge is -2.28. The number of piperidine rings is 1. The average Bonchev–Trinajstić information content (AvgIpc) is 3.11. The fraction of sp³-hybridized carbons (Fsp3) is 0.500. The molecule has 1 amide bonds. The molecule has 1 fully saturated rings. The highest BCUT2D eigenvalue weighted by Crippen LogP contribution is 2.38. The molecule has 2 N–H and O–H groups in total. The maximum absolute atomic E-state index is 12.9. The lowest BCUT2D eigenvalue weighted by Crippen LogP contribution is -2.41. The number of nitrogens with zero attached hydrogens (tertiary/aromatic N) is 1. The summed E-state index contributed by atoms with van der Waals surface area (Å²) >= 11 is 1.74. The smallest absolute Gasteiger partial charge is 0.224 e. The van der Waals surface area contributed by atoms with E-state index in [4.69, 9.17) is 4.98 Å². The van der Waals surface area contributed by atoms with Gasteiger partial charge in [-0.05, 0) is 56.8 Å². The monoisotopic (exact) mass is 427 g/mol. The second-order valence-electron chi connectivity index (χ2n) is 7.13. The van der Waals surface area contributed by atoms with E-state index in [0.29, 0.717) is 5.92 Å². The van der Waals surface area contributed by atoms with Crippen molar-refractivity contribution in [2.45, 2.75) is 31.6 Å². The van der Waals surface area contributed by atoms with Crippen LogP contribution in [0.4, 0.5) is 0 Å². The molecule has 3 unspecified atom stereocenters. The molecule has 2 aliphatic rings. The number of para-hydroxylation sites is 1. The van der Waals surface area contributed by atoms with Crippen molar-refractivity contribution in [3.8, 4) is 0 Å². The molecule has 0 radical (unpaired) electrons. The number of benzene rings is 1. The SMILES string of the molecule is Cl.Cl.O=C(NCC1CCCNC1)C1CC=CCC1c1nc2ccccc2s1. The maximum atomic E-state index is 12.9. The molecule has 0 spiro atoms. The zero-order valence-corrected chi connectivity index (χ0v) is 17.7. The number of rotatable bonds is 4. The molecule has 1 aromatic heterocycles. The van der Waals surface area contributed by atoms with Gasteiger partial charge in [0.2, 0.25) is 5.91 Å².